The minimum atomic E-state index is -0.748. The van der Waals surface area contributed by atoms with Crippen LogP contribution in [0.4, 0.5) is 0 Å². The molecule has 0 aromatic rings. The molecule has 0 saturated heterocycles. The normalized spacial score (nSPS) is 14.7. The fourth-order valence-corrected chi connectivity index (χ4v) is 0.984. The number of nitrogens with one attached hydrogen (secondary N) is 2. The van der Waals surface area contributed by atoms with E-state index in [1.807, 2.05) is 13.8 Å². The Morgan fingerprint density at radius 1 is 1.47 bits per heavy atom. The van der Waals surface area contributed by atoms with Crippen LogP contribution < -0.4 is 10.6 Å². The van der Waals surface area contributed by atoms with Gasteiger partial charge in [0.1, 0.15) is 0 Å². The van der Waals surface area contributed by atoms with E-state index in [2.05, 4.69) is 10.6 Å². The highest BCUT2D eigenvalue weighted by atomic mass is 16.3. The number of amides is 1. The number of hydrogen-bond acceptors (Lipinski definition) is 4. The minimum Gasteiger partial charge on any atom is -0.394 e. The van der Waals surface area contributed by atoms with E-state index < -0.39 is 6.10 Å². The Bertz CT molecular complexity index is 176. The molecule has 0 bridgehead atoms. The first-order chi connectivity index (χ1) is 7.10. The van der Waals surface area contributed by atoms with Gasteiger partial charge in [-0.2, -0.15) is 0 Å². The quantitative estimate of drug-likeness (QED) is 0.403. The van der Waals surface area contributed by atoms with Crippen molar-refractivity contribution in [2.24, 2.45) is 0 Å². The van der Waals surface area contributed by atoms with Crippen molar-refractivity contribution in [3.63, 3.8) is 0 Å². The molecule has 0 saturated carbocycles. The van der Waals surface area contributed by atoms with Crippen LogP contribution >= 0.6 is 0 Å². The first-order valence-electron chi connectivity index (χ1n) is 5.39. The maximum absolute atomic E-state index is 11.3. The van der Waals surface area contributed by atoms with Crippen LogP contribution in [0, 0.1) is 0 Å². The maximum Gasteiger partial charge on any atom is 0.221 e. The molecule has 0 aliphatic heterocycles. The second-order valence-electron chi connectivity index (χ2n) is 3.67. The highest BCUT2D eigenvalue weighted by Gasteiger charge is 2.05. The van der Waals surface area contributed by atoms with Gasteiger partial charge >= 0.3 is 0 Å². The molecular formula is C10H22N2O3. The third-order valence-electron chi connectivity index (χ3n) is 2.14. The van der Waals surface area contributed by atoms with Crippen molar-refractivity contribution < 1.29 is 15.0 Å². The summed E-state index contributed by atoms with van der Waals surface area (Å²) in [5.41, 5.74) is 0. The highest BCUT2D eigenvalue weighted by Crippen LogP contribution is 1.89. The Balaban J connectivity index is 3.39. The fourth-order valence-electron chi connectivity index (χ4n) is 0.984. The summed E-state index contributed by atoms with van der Waals surface area (Å²) in [6.45, 7) is 4.54. The summed E-state index contributed by atoms with van der Waals surface area (Å²) in [5, 5.41) is 23.2. The Morgan fingerprint density at radius 2 is 2.13 bits per heavy atom. The maximum atomic E-state index is 11.3. The van der Waals surface area contributed by atoms with Crippen molar-refractivity contribution in [3.05, 3.63) is 0 Å². The zero-order chi connectivity index (χ0) is 11.7. The van der Waals surface area contributed by atoms with Gasteiger partial charge in [-0.1, -0.05) is 6.92 Å². The number of carbonyl (C=O) groups is 1. The van der Waals surface area contributed by atoms with Gasteiger partial charge in [-0.15, -0.1) is 0 Å². The van der Waals surface area contributed by atoms with Gasteiger partial charge in [-0.3, -0.25) is 4.79 Å². The van der Waals surface area contributed by atoms with Crippen LogP contribution in [0.1, 0.15) is 26.7 Å². The van der Waals surface area contributed by atoms with E-state index in [1.165, 1.54) is 0 Å². The van der Waals surface area contributed by atoms with E-state index in [-0.39, 0.29) is 18.6 Å². The molecule has 5 heteroatoms. The van der Waals surface area contributed by atoms with Crippen LogP contribution in [-0.2, 0) is 4.79 Å². The predicted molar refractivity (Wildman–Crippen MR) is 58.5 cm³/mol. The molecule has 0 aromatic heterocycles. The average Bonchev–Trinajstić information content (AvgIpc) is 2.23. The van der Waals surface area contributed by atoms with Crippen LogP contribution in [0.5, 0.6) is 0 Å². The molecule has 0 aromatic carbocycles. The molecule has 4 N–H and O–H groups in total. The number of carbonyl (C=O) groups excluding carboxylic acids is 1. The second-order valence-corrected chi connectivity index (χ2v) is 3.67. The largest absolute Gasteiger partial charge is 0.394 e. The summed E-state index contributed by atoms with van der Waals surface area (Å²) in [6.07, 6.45) is 0.563. The van der Waals surface area contributed by atoms with Crippen LogP contribution in [0.25, 0.3) is 0 Å². The first kappa shape index (κ1) is 14.3. The molecular weight excluding hydrogens is 196 g/mol. The summed E-state index contributed by atoms with van der Waals surface area (Å²) >= 11 is 0. The van der Waals surface area contributed by atoms with E-state index in [9.17, 15) is 4.79 Å². The van der Waals surface area contributed by atoms with Gasteiger partial charge in [-0.25, -0.2) is 0 Å². The van der Waals surface area contributed by atoms with Crippen LogP contribution in [-0.4, -0.2) is 48.0 Å². The molecule has 15 heavy (non-hydrogen) atoms. The van der Waals surface area contributed by atoms with Crippen molar-refractivity contribution in [1.82, 2.24) is 10.6 Å². The lowest BCUT2D eigenvalue weighted by molar-refractivity contribution is -0.121. The summed E-state index contributed by atoms with van der Waals surface area (Å²) in [5.74, 6) is 0.00957. The van der Waals surface area contributed by atoms with Crippen molar-refractivity contribution in [3.8, 4) is 0 Å². The summed E-state index contributed by atoms with van der Waals surface area (Å²) < 4.78 is 0. The smallest absolute Gasteiger partial charge is 0.221 e. The molecule has 90 valence electrons. The lowest BCUT2D eigenvalue weighted by Gasteiger charge is -2.12. The molecule has 0 aliphatic rings. The third kappa shape index (κ3) is 8.35. The third-order valence-corrected chi connectivity index (χ3v) is 2.14. The number of rotatable bonds is 8. The zero-order valence-corrected chi connectivity index (χ0v) is 9.49. The van der Waals surface area contributed by atoms with Crippen LogP contribution in [0.2, 0.25) is 0 Å². The van der Waals surface area contributed by atoms with Gasteiger partial charge in [0.05, 0.1) is 12.7 Å². The zero-order valence-electron chi connectivity index (χ0n) is 9.49. The number of aliphatic hydroxyl groups is 2. The van der Waals surface area contributed by atoms with Crippen molar-refractivity contribution >= 4 is 5.91 Å². The SMILES string of the molecule is CCC(C)NC(=O)CCNC[C@H](O)CO. The highest BCUT2D eigenvalue weighted by molar-refractivity contribution is 5.76. The molecule has 2 atom stereocenters. The van der Waals surface area contributed by atoms with E-state index in [1.54, 1.807) is 0 Å². The molecule has 0 radical (unpaired) electrons. The Labute approximate surface area is 90.9 Å². The standard InChI is InChI=1S/C10H22N2O3/c1-3-8(2)12-10(15)4-5-11-6-9(14)7-13/h8-9,11,13-14H,3-7H2,1-2H3,(H,12,15)/t8?,9-/m0/s1. The van der Waals surface area contributed by atoms with Gasteiger partial charge < -0.3 is 20.8 Å². The number of aliphatic hydroxyl groups excluding tert-OH is 2. The second kappa shape index (κ2) is 8.64. The Hall–Kier alpha value is -0.650. The van der Waals surface area contributed by atoms with Crippen LogP contribution in [0.15, 0.2) is 0 Å². The number of hydrogen-bond donors (Lipinski definition) is 4. The minimum absolute atomic E-state index is 0.00957. The topological polar surface area (TPSA) is 81.6 Å². The van der Waals surface area contributed by atoms with Gasteiger partial charge in [0.2, 0.25) is 5.91 Å². The van der Waals surface area contributed by atoms with E-state index in [0.717, 1.165) is 6.42 Å². The van der Waals surface area contributed by atoms with Crippen LogP contribution in [0.3, 0.4) is 0 Å². The van der Waals surface area contributed by atoms with Gasteiger partial charge in [0.25, 0.3) is 0 Å². The van der Waals surface area contributed by atoms with E-state index in [0.29, 0.717) is 19.5 Å². The van der Waals surface area contributed by atoms with Gasteiger partial charge in [0, 0.05) is 25.6 Å². The Kier molecular flexibility index (Phi) is 8.27. The van der Waals surface area contributed by atoms with Crippen molar-refractivity contribution in [2.75, 3.05) is 19.7 Å². The van der Waals surface area contributed by atoms with Gasteiger partial charge in [-0.05, 0) is 13.3 Å². The monoisotopic (exact) mass is 218 g/mol. The van der Waals surface area contributed by atoms with Crippen molar-refractivity contribution in [1.29, 1.82) is 0 Å². The molecule has 0 rings (SSSR count). The van der Waals surface area contributed by atoms with E-state index in [4.69, 9.17) is 10.2 Å². The molecule has 1 unspecified atom stereocenters. The molecule has 0 heterocycles. The predicted octanol–water partition coefficient (Wildman–Crippen LogP) is -0.766. The summed E-state index contributed by atoms with van der Waals surface area (Å²) in [7, 11) is 0. The van der Waals surface area contributed by atoms with Gasteiger partial charge in [0.15, 0.2) is 0 Å². The lowest BCUT2D eigenvalue weighted by atomic mass is 10.2. The summed E-state index contributed by atoms with van der Waals surface area (Å²) in [4.78, 5) is 11.3. The van der Waals surface area contributed by atoms with E-state index >= 15 is 0 Å². The molecule has 1 amide bonds. The molecule has 0 aliphatic carbocycles. The first-order valence-corrected chi connectivity index (χ1v) is 5.39. The van der Waals surface area contributed by atoms with Crippen molar-refractivity contribution in [2.45, 2.75) is 38.8 Å². The average molecular weight is 218 g/mol. The summed E-state index contributed by atoms with van der Waals surface area (Å²) in [6, 6.07) is 0.209. The molecule has 5 nitrogen and oxygen atoms in total. The fraction of sp³-hybridized carbons (Fsp3) is 0.900. The molecule has 0 spiro atoms. The lowest BCUT2D eigenvalue weighted by Crippen LogP contribution is -2.36. The molecule has 0 fully saturated rings. The Morgan fingerprint density at radius 3 is 2.67 bits per heavy atom.